The molecule has 0 saturated heterocycles. The second-order valence-electron chi connectivity index (χ2n) is 5.26. The van der Waals surface area contributed by atoms with Crippen LogP contribution >= 0.6 is 0 Å². The largest absolute Gasteiger partial charge is 0.480 e. The van der Waals surface area contributed by atoms with Crippen LogP contribution < -0.4 is 11.1 Å². The van der Waals surface area contributed by atoms with Crippen molar-refractivity contribution in [2.24, 2.45) is 5.73 Å². The third-order valence-corrected chi connectivity index (χ3v) is 3.51. The first-order valence-electron chi connectivity index (χ1n) is 7.50. The molecular weight excluding hydrogens is 284 g/mol. The normalized spacial score (nSPS) is 13.5. The summed E-state index contributed by atoms with van der Waals surface area (Å²) in [5.41, 5.74) is 6.42. The molecule has 6 heteroatoms. The Balaban J connectivity index is 2.57. The number of unbranched alkanes of at least 4 members (excludes halogenated alkanes) is 1. The predicted molar refractivity (Wildman–Crippen MR) is 83.7 cm³/mol. The number of benzene rings is 1. The summed E-state index contributed by atoms with van der Waals surface area (Å²) in [4.78, 5) is 22.6. The zero-order valence-corrected chi connectivity index (χ0v) is 12.6. The third kappa shape index (κ3) is 6.69. The van der Waals surface area contributed by atoms with E-state index in [1.165, 1.54) is 0 Å². The van der Waals surface area contributed by atoms with Gasteiger partial charge < -0.3 is 15.9 Å². The van der Waals surface area contributed by atoms with Crippen LogP contribution in [-0.4, -0.2) is 40.8 Å². The molecule has 0 saturated carbocycles. The number of nitrogens with one attached hydrogen (secondary N) is 1. The van der Waals surface area contributed by atoms with Crippen molar-refractivity contribution in [1.29, 1.82) is 0 Å². The average Bonchev–Trinajstić information content (AvgIpc) is 2.50. The maximum atomic E-state index is 11.3. The van der Waals surface area contributed by atoms with Gasteiger partial charge in [0, 0.05) is 0 Å². The minimum atomic E-state index is -1.03. The Morgan fingerprint density at radius 3 is 2.14 bits per heavy atom. The summed E-state index contributed by atoms with van der Waals surface area (Å²) in [7, 11) is 0. The molecule has 0 aromatic heterocycles. The molecule has 1 aromatic carbocycles. The molecule has 0 unspecified atom stereocenters. The Morgan fingerprint density at radius 2 is 1.59 bits per heavy atom. The summed E-state index contributed by atoms with van der Waals surface area (Å²) in [6.07, 6.45) is 2.69. The summed E-state index contributed by atoms with van der Waals surface area (Å²) in [5, 5.41) is 21.2. The van der Waals surface area contributed by atoms with Crippen molar-refractivity contribution in [3.63, 3.8) is 0 Å². The lowest BCUT2D eigenvalue weighted by atomic mass is 10.0. The van der Waals surface area contributed by atoms with E-state index in [2.05, 4.69) is 5.32 Å². The number of hydrogen-bond acceptors (Lipinski definition) is 4. The zero-order valence-electron chi connectivity index (χ0n) is 12.6. The van der Waals surface area contributed by atoms with Gasteiger partial charge in [-0.3, -0.25) is 14.9 Å². The summed E-state index contributed by atoms with van der Waals surface area (Å²) in [5.74, 6) is -2.05. The fraction of sp³-hybridized carbons (Fsp3) is 0.500. The first-order valence-corrected chi connectivity index (χ1v) is 7.50. The Bertz CT molecular complexity index is 464. The smallest absolute Gasteiger partial charge is 0.320 e. The van der Waals surface area contributed by atoms with E-state index in [0.29, 0.717) is 32.2 Å². The van der Waals surface area contributed by atoms with E-state index in [-0.39, 0.29) is 0 Å². The Labute approximate surface area is 130 Å². The molecule has 0 amide bonds. The van der Waals surface area contributed by atoms with E-state index < -0.39 is 24.0 Å². The first-order chi connectivity index (χ1) is 10.5. The zero-order chi connectivity index (χ0) is 16.4. The number of carboxylic acid groups (broad SMARTS) is 2. The van der Waals surface area contributed by atoms with Crippen molar-refractivity contribution in [2.75, 3.05) is 6.54 Å². The summed E-state index contributed by atoms with van der Waals surface area (Å²) in [6.45, 7) is 0.503. The van der Waals surface area contributed by atoms with Crippen LogP contribution in [0.15, 0.2) is 30.3 Å². The van der Waals surface area contributed by atoms with Crippen LogP contribution in [0.5, 0.6) is 0 Å². The van der Waals surface area contributed by atoms with Gasteiger partial charge in [0.1, 0.15) is 12.1 Å². The maximum absolute atomic E-state index is 11.3. The van der Waals surface area contributed by atoms with Crippen molar-refractivity contribution >= 4 is 11.9 Å². The van der Waals surface area contributed by atoms with Gasteiger partial charge in [-0.05, 0) is 37.8 Å². The molecule has 0 fully saturated rings. The van der Waals surface area contributed by atoms with Gasteiger partial charge in [0.15, 0.2) is 0 Å². The predicted octanol–water partition coefficient (Wildman–Crippen LogP) is 1.24. The van der Waals surface area contributed by atoms with Gasteiger partial charge in [-0.15, -0.1) is 0 Å². The molecule has 22 heavy (non-hydrogen) atoms. The highest BCUT2D eigenvalue weighted by Gasteiger charge is 2.25. The summed E-state index contributed by atoms with van der Waals surface area (Å²) >= 11 is 0. The van der Waals surface area contributed by atoms with E-state index in [1.807, 2.05) is 30.3 Å². The van der Waals surface area contributed by atoms with Crippen LogP contribution in [0.1, 0.15) is 31.2 Å². The van der Waals surface area contributed by atoms with Crippen molar-refractivity contribution in [3.8, 4) is 0 Å². The lowest BCUT2D eigenvalue weighted by molar-refractivity contribution is -0.142. The second-order valence-corrected chi connectivity index (χ2v) is 5.26. The van der Waals surface area contributed by atoms with E-state index in [1.54, 1.807) is 0 Å². The van der Waals surface area contributed by atoms with Gasteiger partial charge in [-0.2, -0.15) is 0 Å². The number of hydrogen-bond donors (Lipinski definition) is 4. The number of aliphatic carboxylic acids is 2. The van der Waals surface area contributed by atoms with Crippen LogP contribution in [0.2, 0.25) is 0 Å². The van der Waals surface area contributed by atoms with Gasteiger partial charge in [0.05, 0.1) is 0 Å². The Morgan fingerprint density at radius 1 is 1.00 bits per heavy atom. The molecule has 6 nitrogen and oxygen atoms in total. The lowest BCUT2D eigenvalue weighted by Crippen LogP contribution is -2.47. The van der Waals surface area contributed by atoms with Gasteiger partial charge in [0.2, 0.25) is 0 Å². The number of aryl methyl sites for hydroxylation is 1. The molecule has 1 aromatic rings. The molecule has 5 N–H and O–H groups in total. The van der Waals surface area contributed by atoms with Crippen LogP contribution in [-0.2, 0) is 16.0 Å². The highest BCUT2D eigenvalue weighted by molar-refractivity contribution is 5.77. The van der Waals surface area contributed by atoms with Crippen molar-refractivity contribution in [1.82, 2.24) is 5.32 Å². The molecular formula is C16H24N2O4. The fourth-order valence-electron chi connectivity index (χ4n) is 2.25. The molecule has 0 radical (unpaired) electrons. The highest BCUT2D eigenvalue weighted by Crippen LogP contribution is 2.08. The molecule has 122 valence electrons. The monoisotopic (exact) mass is 308 g/mol. The minimum absolute atomic E-state index is 0.347. The van der Waals surface area contributed by atoms with Crippen LogP contribution in [0.3, 0.4) is 0 Å². The molecule has 2 atom stereocenters. The molecule has 0 aliphatic rings. The first kappa shape index (κ1) is 18.1. The van der Waals surface area contributed by atoms with Crippen LogP contribution in [0.4, 0.5) is 0 Å². The second kappa shape index (κ2) is 9.92. The molecule has 0 aliphatic heterocycles. The highest BCUT2D eigenvalue weighted by atomic mass is 16.4. The van der Waals surface area contributed by atoms with Gasteiger partial charge in [0.25, 0.3) is 0 Å². The molecule has 0 aliphatic carbocycles. The van der Waals surface area contributed by atoms with Crippen LogP contribution in [0, 0.1) is 0 Å². The fourth-order valence-corrected chi connectivity index (χ4v) is 2.25. The van der Waals surface area contributed by atoms with E-state index in [9.17, 15) is 19.8 Å². The Kier molecular flexibility index (Phi) is 8.17. The number of carboxylic acids is 2. The van der Waals surface area contributed by atoms with Gasteiger partial charge >= 0.3 is 11.9 Å². The van der Waals surface area contributed by atoms with Gasteiger partial charge in [-0.25, -0.2) is 0 Å². The molecule has 0 heterocycles. The maximum Gasteiger partial charge on any atom is 0.320 e. The van der Waals surface area contributed by atoms with Gasteiger partial charge in [-0.1, -0.05) is 36.8 Å². The van der Waals surface area contributed by atoms with Crippen LogP contribution in [0.25, 0.3) is 0 Å². The summed E-state index contributed by atoms with van der Waals surface area (Å²) in [6, 6.07) is 7.80. The number of nitrogens with two attached hydrogens (primary N) is 1. The SMILES string of the molecule is NCCCC[C@H](N[C@@H](CCc1ccccc1)C(=O)O)C(=O)O. The van der Waals surface area contributed by atoms with E-state index in [0.717, 1.165) is 12.0 Å². The van der Waals surface area contributed by atoms with Crippen molar-refractivity contribution in [2.45, 2.75) is 44.2 Å². The lowest BCUT2D eigenvalue weighted by Gasteiger charge is -2.20. The van der Waals surface area contributed by atoms with Crippen molar-refractivity contribution in [3.05, 3.63) is 35.9 Å². The third-order valence-electron chi connectivity index (χ3n) is 3.51. The Hall–Kier alpha value is -1.92. The topological polar surface area (TPSA) is 113 Å². The standard InChI is InChI=1S/C16H24N2O4/c17-11-5-4-8-13(15(19)20)18-14(16(21)22)10-9-12-6-2-1-3-7-12/h1-3,6-7,13-14,18H,4-5,8-11,17H2,(H,19,20)(H,21,22)/t13-,14-/m0/s1. The van der Waals surface area contributed by atoms with E-state index >= 15 is 0 Å². The minimum Gasteiger partial charge on any atom is -0.480 e. The average molecular weight is 308 g/mol. The molecule has 0 bridgehead atoms. The number of rotatable bonds is 11. The molecule has 1 rings (SSSR count). The quantitative estimate of drug-likeness (QED) is 0.458. The molecule has 0 spiro atoms. The summed E-state index contributed by atoms with van der Waals surface area (Å²) < 4.78 is 0. The van der Waals surface area contributed by atoms with Crippen molar-refractivity contribution < 1.29 is 19.8 Å². The number of carbonyl (C=O) groups is 2. The van der Waals surface area contributed by atoms with E-state index in [4.69, 9.17) is 5.73 Å².